The number of amides is 1. The van der Waals surface area contributed by atoms with Crippen LogP contribution >= 0.6 is 0 Å². The van der Waals surface area contributed by atoms with E-state index in [0.29, 0.717) is 19.6 Å². The Kier molecular flexibility index (Phi) is 5.62. The molecule has 0 spiro atoms. The summed E-state index contributed by atoms with van der Waals surface area (Å²) in [5.41, 5.74) is 8.19. The van der Waals surface area contributed by atoms with Gasteiger partial charge in [0.15, 0.2) is 0 Å². The van der Waals surface area contributed by atoms with Crippen molar-refractivity contribution in [3.8, 4) is 5.75 Å². The van der Waals surface area contributed by atoms with Gasteiger partial charge in [0.2, 0.25) is 5.91 Å². The monoisotopic (exact) mass is 290 g/mol. The number of ether oxygens (including phenoxy) is 1. The van der Waals surface area contributed by atoms with E-state index in [1.54, 1.807) is 0 Å². The average molecular weight is 290 g/mol. The molecule has 4 nitrogen and oxygen atoms in total. The second kappa shape index (κ2) is 7.46. The van der Waals surface area contributed by atoms with E-state index in [1.165, 1.54) is 11.1 Å². The smallest absolute Gasteiger partial charge is 0.222 e. The molecule has 1 aliphatic rings. The summed E-state index contributed by atoms with van der Waals surface area (Å²) in [6.45, 7) is 6.17. The lowest BCUT2D eigenvalue weighted by molar-refractivity contribution is -0.132. The zero-order valence-corrected chi connectivity index (χ0v) is 13.1. The Morgan fingerprint density at radius 3 is 2.90 bits per heavy atom. The molecule has 21 heavy (non-hydrogen) atoms. The van der Waals surface area contributed by atoms with Crippen LogP contribution in [0.5, 0.6) is 5.75 Å². The lowest BCUT2D eigenvalue weighted by Gasteiger charge is -2.23. The Morgan fingerprint density at radius 1 is 1.38 bits per heavy atom. The molecule has 116 valence electrons. The summed E-state index contributed by atoms with van der Waals surface area (Å²) < 4.78 is 5.71. The molecular formula is C17H26N2O2. The van der Waals surface area contributed by atoms with Crippen LogP contribution in [0.3, 0.4) is 0 Å². The highest BCUT2D eigenvalue weighted by Crippen LogP contribution is 2.19. The number of rotatable bonds is 6. The largest absolute Gasteiger partial charge is 0.494 e. The second-order valence-electron chi connectivity index (χ2n) is 5.82. The van der Waals surface area contributed by atoms with Gasteiger partial charge in [0.25, 0.3) is 0 Å². The highest BCUT2D eigenvalue weighted by Gasteiger charge is 2.26. The quantitative estimate of drug-likeness (QED) is 0.819. The maximum Gasteiger partial charge on any atom is 0.222 e. The van der Waals surface area contributed by atoms with E-state index in [2.05, 4.69) is 19.9 Å². The fourth-order valence-electron chi connectivity index (χ4n) is 2.77. The Hall–Kier alpha value is -1.55. The molecule has 1 saturated heterocycles. The minimum Gasteiger partial charge on any atom is -0.494 e. The van der Waals surface area contributed by atoms with Gasteiger partial charge in [-0.25, -0.2) is 0 Å². The number of likely N-dealkylation sites (tertiary alicyclic amines) is 1. The van der Waals surface area contributed by atoms with Crippen LogP contribution in [0.1, 0.15) is 36.8 Å². The first kappa shape index (κ1) is 15.8. The third-order valence-electron chi connectivity index (χ3n) is 4.25. The predicted molar refractivity (Wildman–Crippen MR) is 84.4 cm³/mol. The van der Waals surface area contributed by atoms with Crippen LogP contribution in [0.15, 0.2) is 18.2 Å². The number of nitrogens with two attached hydrogens (primary N) is 1. The van der Waals surface area contributed by atoms with Crippen LogP contribution in [-0.2, 0) is 4.79 Å². The number of nitrogens with zero attached hydrogens (tertiary/aromatic N) is 1. The molecule has 1 aromatic carbocycles. The number of carbonyl (C=O) groups excluding carboxylic acids is 1. The molecule has 1 aromatic rings. The van der Waals surface area contributed by atoms with Crippen molar-refractivity contribution < 1.29 is 9.53 Å². The first-order valence-electron chi connectivity index (χ1n) is 7.81. The Labute approximate surface area is 127 Å². The Morgan fingerprint density at radius 2 is 2.19 bits per heavy atom. The lowest BCUT2D eigenvalue weighted by Crippen LogP contribution is -2.39. The van der Waals surface area contributed by atoms with Gasteiger partial charge in [-0.3, -0.25) is 4.79 Å². The van der Waals surface area contributed by atoms with E-state index >= 15 is 0 Å². The molecule has 0 aliphatic carbocycles. The molecule has 1 unspecified atom stereocenters. The summed E-state index contributed by atoms with van der Waals surface area (Å²) in [4.78, 5) is 14.1. The van der Waals surface area contributed by atoms with Gasteiger partial charge in [0.05, 0.1) is 6.61 Å². The van der Waals surface area contributed by atoms with Crippen molar-refractivity contribution in [2.75, 3.05) is 19.7 Å². The van der Waals surface area contributed by atoms with Crippen LogP contribution in [0, 0.1) is 13.8 Å². The molecule has 1 fully saturated rings. The van der Waals surface area contributed by atoms with Gasteiger partial charge in [-0.1, -0.05) is 6.07 Å². The molecule has 0 aromatic heterocycles. The fourth-order valence-corrected chi connectivity index (χ4v) is 2.77. The van der Waals surface area contributed by atoms with Crippen molar-refractivity contribution in [1.82, 2.24) is 4.90 Å². The van der Waals surface area contributed by atoms with Crippen LogP contribution < -0.4 is 10.5 Å². The minimum absolute atomic E-state index is 0.214. The summed E-state index contributed by atoms with van der Waals surface area (Å²) in [6, 6.07) is 6.33. The molecule has 0 saturated carbocycles. The number of hydrogen-bond donors (Lipinski definition) is 1. The second-order valence-corrected chi connectivity index (χ2v) is 5.82. The van der Waals surface area contributed by atoms with Crippen molar-refractivity contribution in [2.24, 2.45) is 5.73 Å². The lowest BCUT2D eigenvalue weighted by atomic mass is 10.1. The number of hydrogen-bond acceptors (Lipinski definition) is 3. The van der Waals surface area contributed by atoms with Gasteiger partial charge in [-0.15, -0.1) is 0 Å². The van der Waals surface area contributed by atoms with Gasteiger partial charge in [0, 0.05) is 25.6 Å². The predicted octanol–water partition coefficient (Wildman–Crippen LogP) is 2.41. The Bertz CT molecular complexity index is 488. The summed E-state index contributed by atoms with van der Waals surface area (Å²) in [7, 11) is 0. The normalized spacial score (nSPS) is 18.0. The van der Waals surface area contributed by atoms with E-state index < -0.39 is 0 Å². The SMILES string of the molecule is Cc1ccc(OCCCC(=O)N2CCCC2CN)cc1C. The molecule has 0 radical (unpaired) electrons. The van der Waals surface area contributed by atoms with Crippen molar-refractivity contribution in [3.63, 3.8) is 0 Å². The van der Waals surface area contributed by atoms with Gasteiger partial charge < -0.3 is 15.4 Å². The molecule has 1 aliphatic heterocycles. The fraction of sp³-hybridized carbons (Fsp3) is 0.588. The van der Waals surface area contributed by atoms with Crippen LogP contribution in [-0.4, -0.2) is 36.5 Å². The molecule has 0 bridgehead atoms. The van der Waals surface area contributed by atoms with Crippen molar-refractivity contribution in [3.05, 3.63) is 29.3 Å². The topological polar surface area (TPSA) is 55.6 Å². The number of aryl methyl sites for hydroxylation is 2. The standard InChI is InChI=1S/C17H26N2O2/c1-13-7-8-16(11-14(13)2)21-10-4-6-17(20)19-9-3-5-15(19)12-18/h7-8,11,15H,3-6,9-10,12,18H2,1-2H3. The van der Waals surface area contributed by atoms with E-state index in [9.17, 15) is 4.79 Å². The maximum absolute atomic E-state index is 12.1. The van der Waals surface area contributed by atoms with E-state index in [0.717, 1.165) is 31.6 Å². The summed E-state index contributed by atoms with van der Waals surface area (Å²) in [5.74, 6) is 1.10. The number of benzene rings is 1. The molecule has 2 N–H and O–H groups in total. The molecule has 1 amide bonds. The summed E-state index contributed by atoms with van der Waals surface area (Å²) in [5, 5.41) is 0. The van der Waals surface area contributed by atoms with Crippen LogP contribution in [0.25, 0.3) is 0 Å². The van der Waals surface area contributed by atoms with Crippen LogP contribution in [0.4, 0.5) is 0 Å². The van der Waals surface area contributed by atoms with E-state index in [-0.39, 0.29) is 11.9 Å². The van der Waals surface area contributed by atoms with Crippen LogP contribution in [0.2, 0.25) is 0 Å². The van der Waals surface area contributed by atoms with E-state index in [1.807, 2.05) is 17.0 Å². The average Bonchev–Trinajstić information content (AvgIpc) is 2.95. The van der Waals surface area contributed by atoms with Crippen molar-refractivity contribution in [1.29, 1.82) is 0 Å². The molecule has 1 atom stereocenters. The summed E-state index contributed by atoms with van der Waals surface area (Å²) >= 11 is 0. The minimum atomic E-state index is 0.214. The zero-order valence-electron chi connectivity index (χ0n) is 13.1. The van der Waals surface area contributed by atoms with Gasteiger partial charge in [-0.05, 0) is 56.4 Å². The van der Waals surface area contributed by atoms with Gasteiger partial charge in [-0.2, -0.15) is 0 Å². The first-order valence-corrected chi connectivity index (χ1v) is 7.81. The maximum atomic E-state index is 12.1. The highest BCUT2D eigenvalue weighted by atomic mass is 16.5. The van der Waals surface area contributed by atoms with Crippen molar-refractivity contribution in [2.45, 2.75) is 45.6 Å². The summed E-state index contributed by atoms with van der Waals surface area (Å²) in [6.07, 6.45) is 3.41. The first-order chi connectivity index (χ1) is 10.1. The Balaban J connectivity index is 1.71. The third-order valence-corrected chi connectivity index (χ3v) is 4.25. The molecule has 4 heteroatoms. The zero-order chi connectivity index (χ0) is 15.2. The van der Waals surface area contributed by atoms with Gasteiger partial charge in [0.1, 0.15) is 5.75 Å². The van der Waals surface area contributed by atoms with Crippen molar-refractivity contribution >= 4 is 5.91 Å². The molecular weight excluding hydrogens is 264 g/mol. The molecule has 1 heterocycles. The molecule has 2 rings (SSSR count). The van der Waals surface area contributed by atoms with Gasteiger partial charge >= 0.3 is 0 Å². The van der Waals surface area contributed by atoms with E-state index in [4.69, 9.17) is 10.5 Å². The highest BCUT2D eigenvalue weighted by molar-refractivity contribution is 5.76. The third kappa shape index (κ3) is 4.21. The number of carbonyl (C=O) groups is 1.